The molecule has 0 aliphatic carbocycles. The first-order chi connectivity index (χ1) is 16.3. The summed E-state index contributed by atoms with van der Waals surface area (Å²) in [5.41, 5.74) is 4.58. The largest absolute Gasteiger partial charge is 0.343 e. The molecule has 1 aromatic heterocycles. The molecule has 5 heteroatoms. The molecule has 0 bridgehead atoms. The Balaban J connectivity index is 1.60. The van der Waals surface area contributed by atoms with Gasteiger partial charge in [-0.15, -0.1) is 0 Å². The smallest absolute Gasteiger partial charge is 0.211 e. The standard InChI is InChI=1S/C29H24N2O3/c1-19-9-12-23(13-10-19)31(3)24-14-16-27(30-18-24)29(34)22-11-15-25(26(17-22)20(2)32)28(33)21-7-5-4-6-8-21/h4-18H,1-3H3. The molecule has 0 aliphatic heterocycles. The highest BCUT2D eigenvalue weighted by Crippen LogP contribution is 2.24. The molecular weight excluding hydrogens is 424 g/mol. The van der Waals surface area contributed by atoms with Crippen molar-refractivity contribution in [1.29, 1.82) is 0 Å². The molecule has 5 nitrogen and oxygen atoms in total. The number of hydrogen-bond acceptors (Lipinski definition) is 5. The Morgan fingerprint density at radius 3 is 2.00 bits per heavy atom. The number of carbonyl (C=O) groups excluding carboxylic acids is 3. The Labute approximate surface area is 198 Å². The van der Waals surface area contributed by atoms with E-state index in [0.29, 0.717) is 11.1 Å². The maximum absolute atomic E-state index is 13.1. The van der Waals surface area contributed by atoms with E-state index in [4.69, 9.17) is 0 Å². The maximum Gasteiger partial charge on any atom is 0.211 e. The number of aryl methyl sites for hydroxylation is 1. The van der Waals surface area contributed by atoms with E-state index in [2.05, 4.69) is 4.98 Å². The highest BCUT2D eigenvalue weighted by atomic mass is 16.1. The normalized spacial score (nSPS) is 10.6. The van der Waals surface area contributed by atoms with Crippen LogP contribution in [0.25, 0.3) is 0 Å². The third kappa shape index (κ3) is 4.69. The number of pyridine rings is 1. The number of Topliss-reactive ketones (excluding diaryl/α,β-unsaturated/α-hetero) is 1. The molecule has 0 saturated carbocycles. The van der Waals surface area contributed by atoms with Gasteiger partial charge in [0.05, 0.1) is 11.9 Å². The fraction of sp³-hybridized carbons (Fsp3) is 0.103. The molecule has 0 radical (unpaired) electrons. The topological polar surface area (TPSA) is 67.3 Å². The first-order valence-corrected chi connectivity index (χ1v) is 10.9. The first-order valence-electron chi connectivity index (χ1n) is 10.9. The SMILES string of the molecule is CC(=O)c1cc(C(=O)c2ccc(N(C)c3ccc(C)cc3)cn2)ccc1C(=O)c1ccccc1. The molecule has 0 aliphatic rings. The summed E-state index contributed by atoms with van der Waals surface area (Å²) in [5, 5.41) is 0. The molecule has 0 amide bonds. The zero-order valence-electron chi connectivity index (χ0n) is 19.3. The van der Waals surface area contributed by atoms with Crippen molar-refractivity contribution in [2.75, 3.05) is 11.9 Å². The van der Waals surface area contributed by atoms with E-state index < -0.39 is 0 Å². The maximum atomic E-state index is 13.1. The van der Waals surface area contributed by atoms with E-state index in [-0.39, 0.29) is 34.2 Å². The third-order valence-electron chi connectivity index (χ3n) is 5.73. The van der Waals surface area contributed by atoms with Crippen molar-refractivity contribution in [2.45, 2.75) is 13.8 Å². The lowest BCUT2D eigenvalue weighted by atomic mass is 9.93. The summed E-state index contributed by atoms with van der Waals surface area (Å²) in [6, 6.07) is 25.0. The number of hydrogen-bond donors (Lipinski definition) is 0. The van der Waals surface area contributed by atoms with Crippen molar-refractivity contribution in [1.82, 2.24) is 4.98 Å². The second-order valence-corrected chi connectivity index (χ2v) is 8.14. The first kappa shape index (κ1) is 22.8. The molecule has 4 aromatic rings. The van der Waals surface area contributed by atoms with Crippen molar-refractivity contribution in [3.8, 4) is 0 Å². The Morgan fingerprint density at radius 2 is 1.38 bits per heavy atom. The van der Waals surface area contributed by atoms with Crippen molar-refractivity contribution in [3.63, 3.8) is 0 Å². The van der Waals surface area contributed by atoms with Crippen LogP contribution in [0.15, 0.2) is 91.1 Å². The lowest BCUT2D eigenvalue weighted by molar-refractivity contribution is 0.0989. The molecular formula is C29H24N2O3. The van der Waals surface area contributed by atoms with Crippen LogP contribution in [0.1, 0.15) is 54.8 Å². The molecule has 0 fully saturated rings. The summed E-state index contributed by atoms with van der Waals surface area (Å²) in [4.78, 5) is 44.6. The van der Waals surface area contributed by atoms with Gasteiger partial charge in [-0.05, 0) is 50.2 Å². The summed E-state index contributed by atoms with van der Waals surface area (Å²) in [6.07, 6.45) is 1.65. The molecule has 4 rings (SSSR count). The van der Waals surface area contributed by atoms with Gasteiger partial charge in [-0.3, -0.25) is 19.4 Å². The van der Waals surface area contributed by atoms with Gasteiger partial charge in [-0.25, -0.2) is 0 Å². The fourth-order valence-corrected chi connectivity index (χ4v) is 3.70. The van der Waals surface area contributed by atoms with Crippen LogP contribution in [0.3, 0.4) is 0 Å². The van der Waals surface area contributed by atoms with Crippen LogP contribution in [-0.4, -0.2) is 29.4 Å². The van der Waals surface area contributed by atoms with Crippen LogP contribution in [0.2, 0.25) is 0 Å². The van der Waals surface area contributed by atoms with Crippen LogP contribution < -0.4 is 4.90 Å². The lowest BCUT2D eigenvalue weighted by Crippen LogP contribution is -2.13. The third-order valence-corrected chi connectivity index (χ3v) is 5.73. The van der Waals surface area contributed by atoms with Crippen LogP contribution in [0, 0.1) is 6.92 Å². The molecule has 0 atom stereocenters. The summed E-state index contributed by atoms with van der Waals surface area (Å²) < 4.78 is 0. The highest BCUT2D eigenvalue weighted by Gasteiger charge is 2.20. The second-order valence-electron chi connectivity index (χ2n) is 8.14. The minimum Gasteiger partial charge on any atom is -0.343 e. The Morgan fingerprint density at radius 1 is 0.706 bits per heavy atom. The summed E-state index contributed by atoms with van der Waals surface area (Å²) in [6.45, 7) is 3.42. The molecule has 1 heterocycles. The number of carbonyl (C=O) groups is 3. The average molecular weight is 449 g/mol. The minimum absolute atomic E-state index is 0.218. The predicted molar refractivity (Wildman–Crippen MR) is 133 cm³/mol. The zero-order valence-corrected chi connectivity index (χ0v) is 19.3. The average Bonchev–Trinajstić information content (AvgIpc) is 2.88. The van der Waals surface area contributed by atoms with Crippen molar-refractivity contribution in [2.24, 2.45) is 0 Å². The number of anilines is 2. The van der Waals surface area contributed by atoms with Gasteiger partial charge in [-0.2, -0.15) is 0 Å². The van der Waals surface area contributed by atoms with E-state index in [1.54, 1.807) is 48.7 Å². The Kier molecular flexibility index (Phi) is 6.46. The minimum atomic E-state index is -0.314. The lowest BCUT2D eigenvalue weighted by Gasteiger charge is -2.19. The number of ketones is 3. The predicted octanol–water partition coefficient (Wildman–Crippen LogP) is 5.82. The number of rotatable bonds is 7. The summed E-state index contributed by atoms with van der Waals surface area (Å²) >= 11 is 0. The van der Waals surface area contributed by atoms with Gasteiger partial charge in [-0.1, -0.05) is 54.1 Å². The molecule has 0 saturated heterocycles. The van der Waals surface area contributed by atoms with Gasteiger partial charge in [0.15, 0.2) is 11.6 Å². The number of nitrogens with zero attached hydrogens (tertiary/aromatic N) is 2. The van der Waals surface area contributed by atoms with Crippen LogP contribution in [-0.2, 0) is 0 Å². The molecule has 3 aromatic carbocycles. The van der Waals surface area contributed by atoms with E-state index in [0.717, 1.165) is 11.4 Å². The van der Waals surface area contributed by atoms with Crippen LogP contribution >= 0.6 is 0 Å². The van der Waals surface area contributed by atoms with Crippen molar-refractivity contribution < 1.29 is 14.4 Å². The van der Waals surface area contributed by atoms with E-state index in [9.17, 15) is 14.4 Å². The Bertz CT molecular complexity index is 1360. The van der Waals surface area contributed by atoms with Crippen molar-refractivity contribution >= 4 is 28.7 Å². The van der Waals surface area contributed by atoms with E-state index in [1.807, 2.05) is 55.3 Å². The summed E-state index contributed by atoms with van der Waals surface area (Å²) in [5.74, 6) is -0.853. The van der Waals surface area contributed by atoms with Gasteiger partial charge < -0.3 is 4.90 Å². The summed E-state index contributed by atoms with van der Waals surface area (Å²) in [7, 11) is 1.94. The molecule has 0 spiro atoms. The highest BCUT2D eigenvalue weighted by molar-refractivity contribution is 6.17. The molecule has 0 unspecified atom stereocenters. The van der Waals surface area contributed by atoms with Gasteiger partial charge in [0, 0.05) is 35.0 Å². The molecule has 168 valence electrons. The molecule has 34 heavy (non-hydrogen) atoms. The van der Waals surface area contributed by atoms with Gasteiger partial charge >= 0.3 is 0 Å². The second kappa shape index (κ2) is 9.63. The van der Waals surface area contributed by atoms with Crippen molar-refractivity contribution in [3.05, 3.63) is 125 Å². The number of benzene rings is 3. The van der Waals surface area contributed by atoms with Crippen LogP contribution in [0.4, 0.5) is 11.4 Å². The van der Waals surface area contributed by atoms with Gasteiger partial charge in [0.1, 0.15) is 5.69 Å². The van der Waals surface area contributed by atoms with Crippen LogP contribution in [0.5, 0.6) is 0 Å². The molecule has 0 N–H and O–H groups in total. The zero-order chi connectivity index (χ0) is 24.2. The number of aromatic nitrogens is 1. The monoisotopic (exact) mass is 448 g/mol. The van der Waals surface area contributed by atoms with Gasteiger partial charge in [0.25, 0.3) is 0 Å². The fourth-order valence-electron chi connectivity index (χ4n) is 3.70. The van der Waals surface area contributed by atoms with E-state index in [1.165, 1.54) is 18.6 Å². The van der Waals surface area contributed by atoms with E-state index >= 15 is 0 Å². The quantitative estimate of drug-likeness (QED) is 0.333. The Hall–Kier alpha value is -4.38. The van der Waals surface area contributed by atoms with Gasteiger partial charge in [0.2, 0.25) is 5.78 Å².